The van der Waals surface area contributed by atoms with E-state index in [2.05, 4.69) is 13.8 Å². The third kappa shape index (κ3) is 5.63. The van der Waals surface area contributed by atoms with E-state index in [1.54, 1.807) is 24.3 Å². The molecule has 1 rings (SSSR count). The average molecular weight is 271 g/mol. The Morgan fingerprint density at radius 3 is 2.56 bits per heavy atom. The third-order valence-electron chi connectivity index (χ3n) is 2.23. The van der Waals surface area contributed by atoms with Crippen LogP contribution in [-0.4, -0.2) is 32.2 Å². The van der Waals surface area contributed by atoms with Gasteiger partial charge in [0.15, 0.2) is 5.78 Å². The molecule has 0 saturated carbocycles. The van der Waals surface area contributed by atoms with Gasteiger partial charge in [-0.1, -0.05) is 37.6 Å². The Hall–Kier alpha value is -0.900. The van der Waals surface area contributed by atoms with E-state index in [4.69, 9.17) is 21.1 Å². The molecule has 0 N–H and O–H groups in total. The predicted octanol–water partition coefficient (Wildman–Crippen LogP) is 3.21. The lowest BCUT2D eigenvalue weighted by atomic mass is 10.1. The molecule has 0 aliphatic heterocycles. The summed E-state index contributed by atoms with van der Waals surface area (Å²) in [6.07, 6.45) is 0. The number of hydrogen-bond acceptors (Lipinski definition) is 3. The highest BCUT2D eigenvalue weighted by atomic mass is 35.5. The molecule has 0 aliphatic rings. The van der Waals surface area contributed by atoms with Gasteiger partial charge in [0.2, 0.25) is 0 Å². The fourth-order valence-electron chi connectivity index (χ4n) is 1.37. The maximum atomic E-state index is 11.8. The molecule has 0 bridgehead atoms. The van der Waals surface area contributed by atoms with Crippen LogP contribution in [0.1, 0.15) is 24.2 Å². The van der Waals surface area contributed by atoms with Gasteiger partial charge >= 0.3 is 0 Å². The Balaban J connectivity index is 2.20. The molecule has 0 heterocycles. The highest BCUT2D eigenvalue weighted by molar-refractivity contribution is 6.34. The van der Waals surface area contributed by atoms with Crippen molar-refractivity contribution in [1.29, 1.82) is 0 Å². The summed E-state index contributed by atoms with van der Waals surface area (Å²) in [4.78, 5) is 11.8. The van der Waals surface area contributed by atoms with Gasteiger partial charge in [-0.2, -0.15) is 0 Å². The van der Waals surface area contributed by atoms with Gasteiger partial charge in [-0.25, -0.2) is 0 Å². The summed E-state index contributed by atoms with van der Waals surface area (Å²) in [5, 5.41) is 0.460. The second kappa shape index (κ2) is 8.25. The van der Waals surface area contributed by atoms with Gasteiger partial charge in [-0.3, -0.25) is 4.79 Å². The van der Waals surface area contributed by atoms with Crippen molar-refractivity contribution in [2.45, 2.75) is 13.8 Å². The highest BCUT2D eigenvalue weighted by Crippen LogP contribution is 2.15. The first-order chi connectivity index (χ1) is 8.61. The Kier molecular flexibility index (Phi) is 6.94. The first-order valence-corrected chi connectivity index (χ1v) is 6.42. The van der Waals surface area contributed by atoms with Crippen molar-refractivity contribution in [2.24, 2.45) is 5.92 Å². The lowest BCUT2D eigenvalue weighted by Crippen LogP contribution is -2.14. The summed E-state index contributed by atoms with van der Waals surface area (Å²) >= 11 is 5.92. The Morgan fingerprint density at radius 1 is 1.22 bits per heavy atom. The quantitative estimate of drug-likeness (QED) is 0.537. The Morgan fingerprint density at radius 2 is 1.89 bits per heavy atom. The normalized spacial score (nSPS) is 10.9. The molecule has 0 amide bonds. The van der Waals surface area contributed by atoms with Gasteiger partial charge in [-0.15, -0.1) is 0 Å². The van der Waals surface area contributed by atoms with Crippen LogP contribution in [-0.2, 0) is 9.47 Å². The molecule has 4 heteroatoms. The molecule has 0 spiro atoms. The van der Waals surface area contributed by atoms with Crippen LogP contribution in [0.25, 0.3) is 0 Å². The summed E-state index contributed by atoms with van der Waals surface area (Å²) in [6.45, 7) is 5.84. The molecule has 0 atom stereocenters. The molecule has 0 fully saturated rings. The van der Waals surface area contributed by atoms with Crippen LogP contribution >= 0.6 is 11.6 Å². The van der Waals surface area contributed by atoms with E-state index < -0.39 is 0 Å². The molecule has 0 radical (unpaired) electrons. The number of carbonyl (C=O) groups is 1. The van der Waals surface area contributed by atoms with Gasteiger partial charge in [0.05, 0.1) is 18.2 Å². The van der Waals surface area contributed by atoms with Gasteiger partial charge in [0.1, 0.15) is 6.61 Å². The maximum Gasteiger partial charge on any atom is 0.189 e. The van der Waals surface area contributed by atoms with E-state index in [1.165, 1.54) is 0 Å². The molecule has 1 aromatic carbocycles. The fourth-order valence-corrected chi connectivity index (χ4v) is 1.61. The summed E-state index contributed by atoms with van der Waals surface area (Å²) in [7, 11) is 0. The number of rotatable bonds is 8. The minimum atomic E-state index is -0.107. The lowest BCUT2D eigenvalue weighted by Gasteiger charge is -2.07. The van der Waals surface area contributed by atoms with E-state index in [0.29, 0.717) is 36.3 Å². The molecule has 1 aromatic rings. The van der Waals surface area contributed by atoms with E-state index in [-0.39, 0.29) is 12.4 Å². The molecule has 0 aromatic heterocycles. The fraction of sp³-hybridized carbons (Fsp3) is 0.500. The van der Waals surface area contributed by atoms with Crippen molar-refractivity contribution in [1.82, 2.24) is 0 Å². The number of ketones is 1. The Labute approximate surface area is 113 Å². The zero-order chi connectivity index (χ0) is 13.4. The predicted molar refractivity (Wildman–Crippen MR) is 72.3 cm³/mol. The highest BCUT2D eigenvalue weighted by Gasteiger charge is 2.09. The SMILES string of the molecule is CC(C)COCCOCC(=O)c1ccccc1Cl. The van der Waals surface area contributed by atoms with Crippen LogP contribution in [0.2, 0.25) is 5.02 Å². The third-order valence-corrected chi connectivity index (χ3v) is 2.56. The van der Waals surface area contributed by atoms with Crippen LogP contribution in [0, 0.1) is 5.92 Å². The summed E-state index contributed by atoms with van der Waals surface area (Å²) in [6, 6.07) is 6.97. The van der Waals surface area contributed by atoms with Crippen LogP contribution in [0.5, 0.6) is 0 Å². The van der Waals surface area contributed by atoms with Crippen LogP contribution in [0.4, 0.5) is 0 Å². The number of halogens is 1. The summed E-state index contributed by atoms with van der Waals surface area (Å²) in [5.41, 5.74) is 0.502. The van der Waals surface area contributed by atoms with Gasteiger partial charge < -0.3 is 9.47 Å². The Bertz CT molecular complexity index is 377. The molecule has 18 heavy (non-hydrogen) atoms. The van der Waals surface area contributed by atoms with E-state index in [9.17, 15) is 4.79 Å². The number of carbonyl (C=O) groups excluding carboxylic acids is 1. The maximum absolute atomic E-state index is 11.8. The monoisotopic (exact) mass is 270 g/mol. The lowest BCUT2D eigenvalue weighted by molar-refractivity contribution is 0.0364. The summed E-state index contributed by atoms with van der Waals surface area (Å²) in [5.74, 6) is 0.402. The van der Waals surface area contributed by atoms with E-state index >= 15 is 0 Å². The smallest absolute Gasteiger partial charge is 0.189 e. The minimum Gasteiger partial charge on any atom is -0.379 e. The molecule has 3 nitrogen and oxygen atoms in total. The van der Waals surface area contributed by atoms with E-state index in [1.807, 2.05) is 0 Å². The second-order valence-corrected chi connectivity index (χ2v) is 4.83. The van der Waals surface area contributed by atoms with Gasteiger partial charge in [-0.05, 0) is 18.1 Å². The molecule has 100 valence electrons. The number of ether oxygens (including phenoxy) is 2. The summed E-state index contributed by atoms with van der Waals surface area (Å²) < 4.78 is 10.6. The molecule has 0 aliphatic carbocycles. The number of hydrogen-bond donors (Lipinski definition) is 0. The van der Waals surface area contributed by atoms with E-state index in [0.717, 1.165) is 0 Å². The van der Waals surface area contributed by atoms with Gasteiger partial charge in [0, 0.05) is 12.2 Å². The minimum absolute atomic E-state index is 0.0365. The van der Waals surface area contributed by atoms with Crippen molar-refractivity contribution >= 4 is 17.4 Å². The average Bonchev–Trinajstić information content (AvgIpc) is 2.33. The van der Waals surface area contributed by atoms with Crippen molar-refractivity contribution in [3.63, 3.8) is 0 Å². The van der Waals surface area contributed by atoms with Crippen molar-refractivity contribution in [2.75, 3.05) is 26.4 Å². The zero-order valence-corrected chi connectivity index (χ0v) is 11.6. The van der Waals surface area contributed by atoms with Crippen molar-refractivity contribution in [3.05, 3.63) is 34.9 Å². The van der Waals surface area contributed by atoms with Crippen LogP contribution < -0.4 is 0 Å². The zero-order valence-electron chi connectivity index (χ0n) is 10.8. The molecule has 0 saturated heterocycles. The topological polar surface area (TPSA) is 35.5 Å². The first kappa shape index (κ1) is 15.2. The molecule has 0 unspecified atom stereocenters. The second-order valence-electron chi connectivity index (χ2n) is 4.42. The standard InChI is InChI=1S/C14H19ClO3/c1-11(2)9-17-7-8-18-10-14(16)12-5-3-4-6-13(12)15/h3-6,11H,7-10H2,1-2H3. The van der Waals surface area contributed by atoms with Crippen LogP contribution in [0.3, 0.4) is 0 Å². The van der Waals surface area contributed by atoms with Crippen molar-refractivity contribution < 1.29 is 14.3 Å². The molecular formula is C14H19ClO3. The van der Waals surface area contributed by atoms with Crippen LogP contribution in [0.15, 0.2) is 24.3 Å². The molecular weight excluding hydrogens is 252 g/mol. The van der Waals surface area contributed by atoms with Crippen molar-refractivity contribution in [3.8, 4) is 0 Å². The van der Waals surface area contributed by atoms with Gasteiger partial charge in [0.25, 0.3) is 0 Å². The largest absolute Gasteiger partial charge is 0.379 e. The number of benzene rings is 1. The number of Topliss-reactive ketones (excluding diaryl/α,β-unsaturated/α-hetero) is 1. The first-order valence-electron chi connectivity index (χ1n) is 6.04.